The van der Waals surface area contributed by atoms with Gasteiger partial charge in [0.15, 0.2) is 11.5 Å². The van der Waals surface area contributed by atoms with E-state index in [0.717, 1.165) is 37.5 Å². The minimum absolute atomic E-state index is 0.0489. The molecule has 5 rings (SSSR count). The van der Waals surface area contributed by atoms with Crippen molar-refractivity contribution in [2.24, 2.45) is 13.0 Å². The van der Waals surface area contributed by atoms with Crippen molar-refractivity contribution < 1.29 is 33.4 Å². The molecule has 0 radical (unpaired) electrons. The lowest BCUT2D eigenvalue weighted by atomic mass is 9.87. The van der Waals surface area contributed by atoms with E-state index in [0.29, 0.717) is 31.1 Å². The van der Waals surface area contributed by atoms with E-state index in [4.69, 9.17) is 21.1 Å². The number of hydrogen-bond donors (Lipinski definition) is 2. The van der Waals surface area contributed by atoms with Crippen LogP contribution in [0.5, 0.6) is 0 Å². The fourth-order valence-corrected chi connectivity index (χ4v) is 6.08. The summed E-state index contributed by atoms with van der Waals surface area (Å²) in [5.74, 6) is -2.60. The quantitative estimate of drug-likeness (QED) is 0.297. The van der Waals surface area contributed by atoms with Crippen LogP contribution in [0.25, 0.3) is 10.9 Å². The van der Waals surface area contributed by atoms with Crippen LogP contribution in [0, 0.1) is 11.7 Å². The number of carboxylic acid groups (broad SMARTS) is 1. The molecule has 2 heterocycles. The van der Waals surface area contributed by atoms with E-state index in [2.05, 4.69) is 15.3 Å². The highest BCUT2D eigenvalue weighted by Gasteiger charge is 2.31. The number of aliphatic carboxylic acids is 1. The molecule has 0 spiro atoms. The van der Waals surface area contributed by atoms with Crippen molar-refractivity contribution >= 4 is 45.9 Å². The lowest BCUT2D eigenvalue weighted by Crippen LogP contribution is -2.42. The Hall–Kier alpha value is -3.38. The van der Waals surface area contributed by atoms with Crippen LogP contribution in [0.15, 0.2) is 36.4 Å². The molecule has 2 aliphatic rings. The summed E-state index contributed by atoms with van der Waals surface area (Å²) in [6.07, 6.45) is 4.03. The SMILES string of the molecule is Cn1nc(C(=O)Nc2cc(F)c(CC(=O)COCC(O[C@H]3CC[C@H](C(=O)O)CC3)N3CCCC3)cc2Cl)c2ccccc21. The smallest absolute Gasteiger partial charge is 0.306 e. The number of carbonyl (C=O) groups excluding carboxylic acids is 2. The van der Waals surface area contributed by atoms with Gasteiger partial charge in [0, 0.05) is 31.9 Å². The number of halogens is 2. The summed E-state index contributed by atoms with van der Waals surface area (Å²) in [4.78, 5) is 39.1. The first-order valence-electron chi connectivity index (χ1n) is 14.6. The van der Waals surface area contributed by atoms with Gasteiger partial charge in [0.05, 0.1) is 34.9 Å². The van der Waals surface area contributed by atoms with Crippen LogP contribution in [0.4, 0.5) is 10.1 Å². The number of hydrogen-bond acceptors (Lipinski definition) is 7. The number of rotatable bonds is 12. The number of fused-ring (bicyclic) bond motifs is 1. The molecule has 1 atom stereocenters. The molecule has 1 saturated carbocycles. The number of likely N-dealkylation sites (tertiary alicyclic amines) is 1. The van der Waals surface area contributed by atoms with Crippen molar-refractivity contribution in [2.45, 2.75) is 57.3 Å². The standard InChI is InChI=1S/C31H36ClFN4O6/c1-36-27-7-3-2-6-23(27)29(35-36)30(39)34-26-16-25(33)20(15-24(26)32)14-21(38)17-42-18-28(37-12-4-5-13-37)43-22-10-8-19(9-11-22)31(40)41/h2-3,6-7,15-16,19,22,28H,4-5,8-14,17-18H2,1H3,(H,34,39)(H,40,41)/t19-,22-,28?. The normalized spacial score (nSPS) is 19.9. The largest absolute Gasteiger partial charge is 0.481 e. The molecule has 2 fully saturated rings. The zero-order chi connectivity index (χ0) is 30.5. The Morgan fingerprint density at radius 1 is 1.14 bits per heavy atom. The van der Waals surface area contributed by atoms with Gasteiger partial charge in [-0.2, -0.15) is 5.10 Å². The van der Waals surface area contributed by atoms with E-state index in [1.807, 2.05) is 12.1 Å². The molecular formula is C31H36ClFN4O6. The van der Waals surface area contributed by atoms with Crippen LogP contribution in [0.1, 0.15) is 54.6 Å². The number of ketones is 1. The van der Waals surface area contributed by atoms with E-state index in [1.165, 1.54) is 6.07 Å². The molecular weight excluding hydrogens is 579 g/mol. The Balaban J connectivity index is 1.14. The molecule has 1 aromatic heterocycles. The van der Waals surface area contributed by atoms with Crippen LogP contribution < -0.4 is 5.32 Å². The molecule has 1 unspecified atom stereocenters. The predicted octanol–water partition coefficient (Wildman–Crippen LogP) is 4.83. The number of Topliss-reactive ketones (excluding diaryl/α,β-unsaturated/α-hetero) is 1. The van der Waals surface area contributed by atoms with Crippen molar-refractivity contribution in [3.05, 3.63) is 58.5 Å². The molecule has 2 aromatic carbocycles. The minimum Gasteiger partial charge on any atom is -0.481 e. The second-order valence-corrected chi connectivity index (χ2v) is 11.7. The number of carboxylic acids is 1. The maximum absolute atomic E-state index is 15.0. The van der Waals surface area contributed by atoms with Crippen molar-refractivity contribution in [1.29, 1.82) is 0 Å². The molecule has 43 heavy (non-hydrogen) atoms. The van der Waals surface area contributed by atoms with Gasteiger partial charge >= 0.3 is 5.97 Å². The van der Waals surface area contributed by atoms with E-state index in [1.54, 1.807) is 23.9 Å². The second kappa shape index (κ2) is 13.9. The second-order valence-electron chi connectivity index (χ2n) is 11.2. The maximum Gasteiger partial charge on any atom is 0.306 e. The van der Waals surface area contributed by atoms with Gasteiger partial charge in [-0.05, 0) is 62.3 Å². The van der Waals surface area contributed by atoms with E-state index in [9.17, 15) is 19.5 Å². The third-order valence-electron chi connectivity index (χ3n) is 8.19. The van der Waals surface area contributed by atoms with E-state index < -0.39 is 17.7 Å². The molecule has 0 bridgehead atoms. The minimum atomic E-state index is -0.758. The van der Waals surface area contributed by atoms with Gasteiger partial charge in [-0.3, -0.25) is 24.0 Å². The van der Waals surface area contributed by atoms with Crippen molar-refractivity contribution in [2.75, 3.05) is 31.6 Å². The highest BCUT2D eigenvalue weighted by atomic mass is 35.5. The molecule has 1 saturated heterocycles. The summed E-state index contributed by atoms with van der Waals surface area (Å²) in [5, 5.41) is 16.9. The summed E-state index contributed by atoms with van der Waals surface area (Å²) in [7, 11) is 1.73. The van der Waals surface area contributed by atoms with E-state index in [-0.39, 0.29) is 65.6 Å². The fraction of sp³-hybridized carbons (Fsp3) is 0.484. The van der Waals surface area contributed by atoms with Gasteiger partial charge in [-0.25, -0.2) is 4.39 Å². The van der Waals surface area contributed by atoms with Gasteiger partial charge in [-0.1, -0.05) is 29.8 Å². The third kappa shape index (κ3) is 7.59. The summed E-state index contributed by atoms with van der Waals surface area (Å²) in [6.45, 7) is 1.70. The Kier molecular flexibility index (Phi) is 10.1. The highest BCUT2D eigenvalue weighted by Crippen LogP contribution is 2.29. The summed E-state index contributed by atoms with van der Waals surface area (Å²) in [5.41, 5.74) is 1.15. The summed E-state index contributed by atoms with van der Waals surface area (Å²) >= 11 is 6.37. The van der Waals surface area contributed by atoms with Crippen LogP contribution in [0.2, 0.25) is 5.02 Å². The van der Waals surface area contributed by atoms with Crippen LogP contribution in [-0.2, 0) is 32.5 Å². The molecule has 1 aliphatic carbocycles. The molecule has 230 valence electrons. The van der Waals surface area contributed by atoms with Crippen molar-refractivity contribution in [3.63, 3.8) is 0 Å². The van der Waals surface area contributed by atoms with Crippen molar-refractivity contribution in [3.8, 4) is 0 Å². The Bertz CT molecular complexity index is 1480. The van der Waals surface area contributed by atoms with Gasteiger partial charge in [0.2, 0.25) is 0 Å². The number of aromatic nitrogens is 2. The lowest BCUT2D eigenvalue weighted by Gasteiger charge is -2.34. The first-order chi connectivity index (χ1) is 20.7. The fourth-order valence-electron chi connectivity index (χ4n) is 5.85. The van der Waals surface area contributed by atoms with E-state index >= 15 is 4.39 Å². The number of aryl methyl sites for hydroxylation is 1. The van der Waals surface area contributed by atoms with Gasteiger partial charge in [0.1, 0.15) is 18.7 Å². The molecule has 10 nitrogen and oxygen atoms in total. The lowest BCUT2D eigenvalue weighted by molar-refractivity contribution is -0.151. The number of para-hydroxylation sites is 1. The van der Waals surface area contributed by atoms with Gasteiger partial charge < -0.3 is 19.9 Å². The van der Waals surface area contributed by atoms with Crippen LogP contribution in [0.3, 0.4) is 0 Å². The average Bonchev–Trinajstić information content (AvgIpc) is 3.64. The summed E-state index contributed by atoms with van der Waals surface area (Å²) in [6, 6.07) is 9.71. The first-order valence-corrected chi connectivity index (χ1v) is 15.0. The topological polar surface area (TPSA) is 123 Å². The number of benzene rings is 2. The van der Waals surface area contributed by atoms with Crippen LogP contribution in [-0.4, -0.2) is 76.1 Å². The number of nitrogens with one attached hydrogen (secondary N) is 1. The molecule has 3 aromatic rings. The molecule has 1 amide bonds. The Morgan fingerprint density at radius 3 is 2.58 bits per heavy atom. The summed E-state index contributed by atoms with van der Waals surface area (Å²) < 4.78 is 28.7. The average molecular weight is 615 g/mol. The maximum atomic E-state index is 15.0. The Morgan fingerprint density at radius 2 is 1.86 bits per heavy atom. The van der Waals surface area contributed by atoms with Crippen LogP contribution >= 0.6 is 11.6 Å². The number of carbonyl (C=O) groups is 3. The third-order valence-corrected chi connectivity index (χ3v) is 8.50. The number of amides is 1. The first kappa shape index (κ1) is 31.1. The Labute approximate surface area is 254 Å². The number of ether oxygens (including phenoxy) is 2. The monoisotopic (exact) mass is 614 g/mol. The number of anilines is 1. The molecule has 12 heteroatoms. The molecule has 1 aliphatic heterocycles. The van der Waals surface area contributed by atoms with Crippen molar-refractivity contribution in [1.82, 2.24) is 14.7 Å². The van der Waals surface area contributed by atoms with Gasteiger partial charge in [-0.15, -0.1) is 0 Å². The predicted molar refractivity (Wildman–Crippen MR) is 159 cm³/mol. The molecule has 2 N–H and O–H groups in total. The zero-order valence-electron chi connectivity index (χ0n) is 24.1. The van der Waals surface area contributed by atoms with Gasteiger partial charge in [0.25, 0.3) is 5.91 Å². The number of nitrogens with zero attached hydrogens (tertiary/aromatic N) is 3. The highest BCUT2D eigenvalue weighted by molar-refractivity contribution is 6.34. The zero-order valence-corrected chi connectivity index (χ0v) is 24.8.